The molecule has 23 heavy (non-hydrogen) atoms. The van der Waals surface area contributed by atoms with E-state index in [1.54, 1.807) is 32.3 Å². The van der Waals surface area contributed by atoms with E-state index in [1.165, 1.54) is 0 Å². The normalized spacial score (nSPS) is 12.8. The minimum Gasteiger partial charge on any atom is -0.351 e. The van der Waals surface area contributed by atoms with Crippen LogP contribution in [0.25, 0.3) is 0 Å². The number of hydrogen-bond donors (Lipinski definition) is 2. The summed E-state index contributed by atoms with van der Waals surface area (Å²) in [6.07, 6.45) is 1.73. The van der Waals surface area contributed by atoms with Gasteiger partial charge in [-0.25, -0.2) is 14.4 Å². The first-order chi connectivity index (χ1) is 11.0. The predicted octanol–water partition coefficient (Wildman–Crippen LogP) is 2.66. The van der Waals surface area contributed by atoms with E-state index in [2.05, 4.69) is 25.6 Å². The Morgan fingerprint density at radius 2 is 2.09 bits per heavy atom. The number of nitrogens with one attached hydrogen (secondary N) is 2. The molecule has 0 spiro atoms. The van der Waals surface area contributed by atoms with Gasteiger partial charge in [-0.2, -0.15) is 0 Å². The molecule has 0 aliphatic carbocycles. The lowest BCUT2D eigenvalue weighted by Crippen LogP contribution is -2.38. The maximum Gasteiger partial charge on any atom is 0.191 e. The van der Waals surface area contributed by atoms with Crippen molar-refractivity contribution in [2.24, 2.45) is 4.99 Å². The molecule has 1 aromatic carbocycles. The number of nitrogens with zero attached hydrogens (tertiary/aromatic N) is 3. The third-order valence-corrected chi connectivity index (χ3v) is 3.54. The van der Waals surface area contributed by atoms with Crippen molar-refractivity contribution in [3.8, 4) is 0 Å². The van der Waals surface area contributed by atoms with Gasteiger partial charge in [-0.1, -0.05) is 12.1 Å². The molecule has 1 heterocycles. The van der Waals surface area contributed by atoms with Gasteiger partial charge in [-0.15, -0.1) is 0 Å². The Balaban J connectivity index is 1.97. The number of rotatable bonds is 4. The molecule has 1 atom stereocenters. The Morgan fingerprint density at radius 3 is 2.74 bits per heavy atom. The number of hydrogen-bond acceptors (Lipinski definition) is 3. The molecule has 1 unspecified atom stereocenters. The smallest absolute Gasteiger partial charge is 0.191 e. The number of benzene rings is 1. The van der Waals surface area contributed by atoms with E-state index in [9.17, 15) is 4.39 Å². The summed E-state index contributed by atoms with van der Waals surface area (Å²) in [5.41, 5.74) is 2.39. The van der Waals surface area contributed by atoms with E-state index >= 15 is 0 Å². The molecule has 0 radical (unpaired) electrons. The average molecular weight is 315 g/mol. The molecular formula is C17H22FN5. The zero-order valence-corrected chi connectivity index (χ0v) is 13.9. The van der Waals surface area contributed by atoms with Crippen LogP contribution in [0.1, 0.15) is 35.6 Å². The monoisotopic (exact) mass is 315 g/mol. The molecular weight excluding hydrogens is 293 g/mol. The zero-order valence-electron chi connectivity index (χ0n) is 13.9. The van der Waals surface area contributed by atoms with Crippen molar-refractivity contribution in [3.05, 3.63) is 58.9 Å². The largest absolute Gasteiger partial charge is 0.351 e. The SMILES string of the molecule is CN=C(NCc1ccnc(C)n1)NC(C)c1ccc(C)c(F)c1. The molecule has 2 aromatic rings. The third-order valence-electron chi connectivity index (χ3n) is 3.54. The van der Waals surface area contributed by atoms with Gasteiger partial charge in [0.15, 0.2) is 5.96 Å². The van der Waals surface area contributed by atoms with Crippen molar-refractivity contribution in [1.29, 1.82) is 0 Å². The van der Waals surface area contributed by atoms with Crippen LogP contribution in [0, 0.1) is 19.7 Å². The van der Waals surface area contributed by atoms with Gasteiger partial charge in [0.1, 0.15) is 11.6 Å². The van der Waals surface area contributed by atoms with E-state index in [-0.39, 0.29) is 11.9 Å². The summed E-state index contributed by atoms with van der Waals surface area (Å²) in [4.78, 5) is 12.6. The molecule has 1 aromatic heterocycles. The molecule has 0 bridgehead atoms. The van der Waals surface area contributed by atoms with Gasteiger partial charge in [0.25, 0.3) is 0 Å². The lowest BCUT2D eigenvalue weighted by molar-refractivity contribution is 0.607. The van der Waals surface area contributed by atoms with Gasteiger partial charge in [-0.3, -0.25) is 4.99 Å². The van der Waals surface area contributed by atoms with Crippen LogP contribution in [0.4, 0.5) is 4.39 Å². The van der Waals surface area contributed by atoms with Crippen molar-refractivity contribution in [2.75, 3.05) is 7.05 Å². The predicted molar refractivity (Wildman–Crippen MR) is 89.7 cm³/mol. The van der Waals surface area contributed by atoms with Crippen molar-refractivity contribution in [1.82, 2.24) is 20.6 Å². The first-order valence-electron chi connectivity index (χ1n) is 7.51. The Morgan fingerprint density at radius 1 is 1.30 bits per heavy atom. The Labute approximate surface area is 136 Å². The summed E-state index contributed by atoms with van der Waals surface area (Å²) in [6.45, 7) is 6.11. The standard InChI is InChI=1S/C17H22FN5/c1-11-5-6-14(9-16(11)18)12(2)22-17(19-4)21-10-15-7-8-20-13(3)23-15/h5-9,12H,10H2,1-4H3,(H2,19,21,22). The fourth-order valence-electron chi connectivity index (χ4n) is 2.14. The first kappa shape index (κ1) is 16.9. The maximum absolute atomic E-state index is 13.7. The number of guanidine groups is 1. The molecule has 0 amide bonds. The highest BCUT2D eigenvalue weighted by Gasteiger charge is 2.10. The maximum atomic E-state index is 13.7. The molecule has 0 saturated heterocycles. The van der Waals surface area contributed by atoms with Gasteiger partial charge in [0.2, 0.25) is 0 Å². The second kappa shape index (κ2) is 7.67. The summed E-state index contributed by atoms with van der Waals surface area (Å²) >= 11 is 0. The second-order valence-electron chi connectivity index (χ2n) is 5.40. The Hall–Kier alpha value is -2.50. The lowest BCUT2D eigenvalue weighted by Gasteiger charge is -2.18. The molecule has 122 valence electrons. The fraction of sp³-hybridized carbons (Fsp3) is 0.353. The van der Waals surface area contributed by atoms with Crippen LogP contribution in [0.15, 0.2) is 35.5 Å². The first-order valence-corrected chi connectivity index (χ1v) is 7.51. The fourth-order valence-corrected chi connectivity index (χ4v) is 2.14. The van der Waals surface area contributed by atoms with Crippen molar-refractivity contribution >= 4 is 5.96 Å². The van der Waals surface area contributed by atoms with Crippen molar-refractivity contribution in [3.63, 3.8) is 0 Å². The highest BCUT2D eigenvalue weighted by Crippen LogP contribution is 2.16. The minimum atomic E-state index is -0.199. The number of aromatic nitrogens is 2. The van der Waals surface area contributed by atoms with Gasteiger partial charge >= 0.3 is 0 Å². The topological polar surface area (TPSA) is 62.2 Å². The second-order valence-corrected chi connectivity index (χ2v) is 5.40. The van der Waals surface area contributed by atoms with Crippen LogP contribution < -0.4 is 10.6 Å². The van der Waals surface area contributed by atoms with Crippen LogP contribution in [0.3, 0.4) is 0 Å². The lowest BCUT2D eigenvalue weighted by atomic mass is 10.1. The number of aryl methyl sites for hydroxylation is 2. The average Bonchev–Trinajstić information content (AvgIpc) is 2.53. The van der Waals surface area contributed by atoms with Crippen LogP contribution in [-0.4, -0.2) is 23.0 Å². The van der Waals surface area contributed by atoms with E-state index in [0.29, 0.717) is 18.1 Å². The van der Waals surface area contributed by atoms with Crippen LogP contribution in [-0.2, 0) is 6.54 Å². The van der Waals surface area contributed by atoms with E-state index in [0.717, 1.165) is 17.1 Å². The van der Waals surface area contributed by atoms with Crippen LogP contribution in [0.5, 0.6) is 0 Å². The van der Waals surface area contributed by atoms with Crippen LogP contribution in [0.2, 0.25) is 0 Å². The highest BCUT2D eigenvalue weighted by atomic mass is 19.1. The third kappa shape index (κ3) is 4.74. The molecule has 0 fully saturated rings. The minimum absolute atomic E-state index is 0.0663. The quantitative estimate of drug-likeness (QED) is 0.672. The van der Waals surface area contributed by atoms with Crippen molar-refractivity contribution < 1.29 is 4.39 Å². The van der Waals surface area contributed by atoms with Gasteiger partial charge in [0.05, 0.1) is 18.3 Å². The van der Waals surface area contributed by atoms with Gasteiger partial charge < -0.3 is 10.6 Å². The summed E-state index contributed by atoms with van der Waals surface area (Å²) in [6, 6.07) is 7.03. The summed E-state index contributed by atoms with van der Waals surface area (Å²) in [5.74, 6) is 1.17. The molecule has 2 N–H and O–H groups in total. The summed E-state index contributed by atoms with van der Waals surface area (Å²) in [5, 5.41) is 6.44. The molecule has 5 nitrogen and oxygen atoms in total. The highest BCUT2D eigenvalue weighted by molar-refractivity contribution is 5.80. The van der Waals surface area contributed by atoms with E-state index < -0.39 is 0 Å². The van der Waals surface area contributed by atoms with Gasteiger partial charge in [0, 0.05) is 13.2 Å². The summed E-state index contributed by atoms with van der Waals surface area (Å²) < 4.78 is 13.7. The zero-order chi connectivity index (χ0) is 16.8. The van der Waals surface area contributed by atoms with Crippen molar-refractivity contribution in [2.45, 2.75) is 33.4 Å². The van der Waals surface area contributed by atoms with E-state index in [1.807, 2.05) is 26.0 Å². The summed E-state index contributed by atoms with van der Waals surface area (Å²) in [7, 11) is 1.70. The number of halogens is 1. The molecule has 0 aliphatic rings. The van der Waals surface area contributed by atoms with E-state index in [4.69, 9.17) is 0 Å². The Bertz CT molecular complexity index is 699. The molecule has 2 rings (SSSR count). The Kier molecular flexibility index (Phi) is 5.62. The molecule has 0 saturated carbocycles. The van der Waals surface area contributed by atoms with Gasteiger partial charge in [-0.05, 0) is 44.0 Å². The van der Waals surface area contributed by atoms with Crippen LogP contribution >= 0.6 is 0 Å². The number of aliphatic imine (C=N–C) groups is 1. The molecule has 0 aliphatic heterocycles. The molecule has 6 heteroatoms.